The number of nitrogens with one attached hydrogen (secondary N) is 2. The number of thioether (sulfide) groups is 1. The molecule has 0 radical (unpaired) electrons. The second kappa shape index (κ2) is 6.51. The molecule has 0 spiro atoms. The predicted octanol–water partition coefficient (Wildman–Crippen LogP) is 1.64. The fraction of sp³-hybridized carbons (Fsp3) is 0.692. The van der Waals surface area contributed by atoms with E-state index in [0.717, 1.165) is 12.2 Å². The van der Waals surface area contributed by atoms with Crippen molar-refractivity contribution in [2.75, 3.05) is 19.6 Å². The van der Waals surface area contributed by atoms with E-state index in [4.69, 9.17) is 0 Å². The van der Waals surface area contributed by atoms with Crippen molar-refractivity contribution >= 4 is 21.8 Å². The first-order chi connectivity index (χ1) is 9.43. The zero-order valence-corrected chi connectivity index (χ0v) is 13.9. The summed E-state index contributed by atoms with van der Waals surface area (Å²) >= 11 is 1.85. The summed E-state index contributed by atoms with van der Waals surface area (Å²) in [6.45, 7) is 8.88. The molecule has 2 N–H and O–H groups in total. The quantitative estimate of drug-likeness (QED) is 0.866. The van der Waals surface area contributed by atoms with Gasteiger partial charge in [-0.25, -0.2) is 8.42 Å². The fourth-order valence-corrected chi connectivity index (χ4v) is 5.56. The maximum atomic E-state index is 12.6. The molecule has 114 valence electrons. The predicted molar refractivity (Wildman–Crippen MR) is 83.4 cm³/mol. The van der Waals surface area contributed by atoms with Crippen LogP contribution in [0.5, 0.6) is 0 Å². The fourth-order valence-electron chi connectivity index (χ4n) is 2.41. The van der Waals surface area contributed by atoms with Gasteiger partial charge in [-0.1, -0.05) is 20.8 Å². The Hall–Kier alpha value is -0.500. The molecule has 1 aromatic heterocycles. The van der Waals surface area contributed by atoms with Gasteiger partial charge in [-0.15, -0.1) is 0 Å². The molecule has 1 fully saturated rings. The lowest BCUT2D eigenvalue weighted by atomic mass is 10.4. The highest BCUT2D eigenvalue weighted by molar-refractivity contribution is 8.00. The third-order valence-electron chi connectivity index (χ3n) is 3.31. The van der Waals surface area contributed by atoms with Crippen molar-refractivity contribution in [1.82, 2.24) is 14.6 Å². The van der Waals surface area contributed by atoms with Crippen LogP contribution in [0, 0.1) is 0 Å². The number of sulfonamides is 1. The van der Waals surface area contributed by atoms with E-state index in [2.05, 4.69) is 24.1 Å². The van der Waals surface area contributed by atoms with Crippen LogP contribution in [0.1, 0.15) is 26.5 Å². The molecule has 2 unspecified atom stereocenters. The molecular weight excluding hydrogens is 294 g/mol. The topological polar surface area (TPSA) is 65.2 Å². The highest BCUT2D eigenvalue weighted by atomic mass is 32.2. The van der Waals surface area contributed by atoms with Crippen LogP contribution in [0.25, 0.3) is 0 Å². The van der Waals surface area contributed by atoms with Gasteiger partial charge in [0, 0.05) is 42.0 Å². The molecule has 20 heavy (non-hydrogen) atoms. The number of aromatic nitrogens is 1. The highest BCUT2D eigenvalue weighted by Crippen LogP contribution is 2.28. The summed E-state index contributed by atoms with van der Waals surface area (Å²) in [5.41, 5.74) is 0.901. The van der Waals surface area contributed by atoms with E-state index < -0.39 is 10.0 Å². The van der Waals surface area contributed by atoms with E-state index in [-0.39, 0.29) is 0 Å². The Labute approximate surface area is 125 Å². The van der Waals surface area contributed by atoms with Gasteiger partial charge in [0.25, 0.3) is 0 Å². The Balaban J connectivity index is 2.15. The molecule has 0 aromatic carbocycles. The molecule has 2 rings (SSSR count). The summed E-state index contributed by atoms with van der Waals surface area (Å²) in [6.07, 6.45) is 1.60. The zero-order chi connectivity index (χ0) is 14.8. The first-order valence-corrected chi connectivity index (χ1v) is 9.35. The van der Waals surface area contributed by atoms with Crippen LogP contribution in [-0.4, -0.2) is 47.8 Å². The van der Waals surface area contributed by atoms with Gasteiger partial charge in [0.05, 0.1) is 4.90 Å². The molecule has 1 aliphatic heterocycles. The van der Waals surface area contributed by atoms with Gasteiger partial charge >= 0.3 is 0 Å². The van der Waals surface area contributed by atoms with E-state index in [1.807, 2.05) is 18.7 Å². The van der Waals surface area contributed by atoms with Gasteiger partial charge in [0.2, 0.25) is 10.0 Å². The van der Waals surface area contributed by atoms with Crippen molar-refractivity contribution < 1.29 is 8.42 Å². The van der Waals surface area contributed by atoms with Crippen molar-refractivity contribution in [3.8, 4) is 0 Å². The second-order valence-corrected chi connectivity index (χ2v) is 9.04. The van der Waals surface area contributed by atoms with Crippen molar-refractivity contribution in [2.24, 2.45) is 0 Å². The number of nitrogens with zero attached hydrogens (tertiary/aromatic N) is 1. The maximum absolute atomic E-state index is 12.6. The monoisotopic (exact) mass is 317 g/mol. The number of rotatable bonds is 5. The third kappa shape index (κ3) is 3.58. The van der Waals surface area contributed by atoms with Crippen molar-refractivity contribution in [1.29, 1.82) is 0 Å². The van der Waals surface area contributed by atoms with Crippen molar-refractivity contribution in [3.63, 3.8) is 0 Å². The molecule has 7 heteroatoms. The molecule has 2 heterocycles. The van der Waals surface area contributed by atoms with Gasteiger partial charge in [-0.2, -0.15) is 16.1 Å². The van der Waals surface area contributed by atoms with Crippen molar-refractivity contribution in [3.05, 3.63) is 18.0 Å². The van der Waals surface area contributed by atoms with Crippen LogP contribution in [0.3, 0.4) is 0 Å². The summed E-state index contributed by atoms with van der Waals surface area (Å²) < 4.78 is 26.9. The largest absolute Gasteiger partial charge is 0.363 e. The molecule has 1 saturated heterocycles. The average Bonchev–Trinajstić information content (AvgIpc) is 2.84. The third-order valence-corrected chi connectivity index (χ3v) is 6.34. The molecule has 5 nitrogen and oxygen atoms in total. The second-order valence-electron chi connectivity index (χ2n) is 5.22. The van der Waals surface area contributed by atoms with Crippen LogP contribution in [0.4, 0.5) is 0 Å². The Morgan fingerprint density at radius 2 is 2.05 bits per heavy atom. The molecule has 1 aliphatic rings. The average molecular weight is 317 g/mol. The molecule has 2 atom stereocenters. The minimum Gasteiger partial charge on any atom is -0.363 e. The van der Waals surface area contributed by atoms with E-state index in [1.165, 1.54) is 0 Å². The summed E-state index contributed by atoms with van der Waals surface area (Å²) in [5.74, 6) is 0. The van der Waals surface area contributed by atoms with E-state index in [1.54, 1.807) is 16.6 Å². The molecule has 1 aromatic rings. The van der Waals surface area contributed by atoms with Crippen LogP contribution in [0.15, 0.2) is 17.2 Å². The summed E-state index contributed by atoms with van der Waals surface area (Å²) in [4.78, 5) is 3.41. The van der Waals surface area contributed by atoms with Crippen LogP contribution < -0.4 is 5.32 Å². The standard InChI is InChI=1S/C13H23N3O2S2/c1-4-14-6-12-5-13(7-15-12)20(17,18)16-8-10(2)19-11(3)9-16/h5,7,10-11,14-15H,4,6,8-9H2,1-3H3. The lowest BCUT2D eigenvalue weighted by Gasteiger charge is -2.33. The summed E-state index contributed by atoms with van der Waals surface area (Å²) in [7, 11) is -3.37. The molecule has 0 bridgehead atoms. The minimum absolute atomic E-state index is 0.341. The summed E-state index contributed by atoms with van der Waals surface area (Å²) in [6, 6.07) is 1.73. The molecule has 0 saturated carbocycles. The van der Waals surface area contributed by atoms with Crippen molar-refractivity contribution in [2.45, 2.75) is 42.7 Å². The van der Waals surface area contributed by atoms with E-state index in [0.29, 0.717) is 35.0 Å². The van der Waals surface area contributed by atoms with Gasteiger partial charge in [-0.3, -0.25) is 0 Å². The first kappa shape index (κ1) is 15.9. The number of hydrogen-bond acceptors (Lipinski definition) is 4. The normalized spacial score (nSPS) is 24.9. The Morgan fingerprint density at radius 3 is 2.65 bits per heavy atom. The molecule has 0 amide bonds. The van der Waals surface area contributed by atoms with Gasteiger partial charge < -0.3 is 10.3 Å². The number of H-pyrrole nitrogens is 1. The number of aromatic amines is 1. The zero-order valence-electron chi connectivity index (χ0n) is 12.2. The summed E-state index contributed by atoms with van der Waals surface area (Å²) in [5, 5.41) is 3.86. The number of hydrogen-bond donors (Lipinski definition) is 2. The highest BCUT2D eigenvalue weighted by Gasteiger charge is 2.32. The Morgan fingerprint density at radius 1 is 1.40 bits per heavy atom. The van der Waals surface area contributed by atoms with Gasteiger partial charge in [0.15, 0.2) is 0 Å². The lowest BCUT2D eigenvalue weighted by Crippen LogP contribution is -2.43. The first-order valence-electron chi connectivity index (χ1n) is 6.97. The van der Waals surface area contributed by atoms with Crippen LogP contribution in [-0.2, 0) is 16.6 Å². The Kier molecular flexibility index (Phi) is 5.17. The molecular formula is C13H23N3O2S2. The smallest absolute Gasteiger partial charge is 0.244 e. The Bertz CT molecular complexity index is 532. The SMILES string of the molecule is CCNCc1cc(S(=O)(=O)N2CC(C)SC(C)C2)c[nH]1. The van der Waals surface area contributed by atoms with Gasteiger partial charge in [0.1, 0.15) is 0 Å². The minimum atomic E-state index is -3.37. The lowest BCUT2D eigenvalue weighted by molar-refractivity contribution is 0.405. The van der Waals surface area contributed by atoms with Crippen LogP contribution >= 0.6 is 11.8 Å². The van der Waals surface area contributed by atoms with E-state index >= 15 is 0 Å². The van der Waals surface area contributed by atoms with Crippen LogP contribution in [0.2, 0.25) is 0 Å². The maximum Gasteiger partial charge on any atom is 0.244 e. The molecule has 0 aliphatic carbocycles. The van der Waals surface area contributed by atoms with Gasteiger partial charge in [-0.05, 0) is 12.6 Å². The van der Waals surface area contributed by atoms with E-state index in [9.17, 15) is 8.42 Å².